The number of aryl methyl sites for hydroxylation is 3. The van der Waals surface area contributed by atoms with Gasteiger partial charge in [-0.25, -0.2) is 0 Å². The van der Waals surface area contributed by atoms with Gasteiger partial charge in [-0.2, -0.15) is 0 Å². The maximum Gasteiger partial charge on any atom is 0.133 e. The molecule has 3 rings (SSSR count). The van der Waals surface area contributed by atoms with Crippen molar-refractivity contribution >= 4 is 0 Å². The van der Waals surface area contributed by atoms with E-state index in [-0.39, 0.29) is 0 Å². The van der Waals surface area contributed by atoms with E-state index in [2.05, 4.69) is 58.9 Å². The zero-order chi connectivity index (χ0) is 13.3. The van der Waals surface area contributed by atoms with Crippen LogP contribution in [0.15, 0.2) is 30.3 Å². The van der Waals surface area contributed by atoms with Gasteiger partial charge in [0.05, 0.1) is 0 Å². The third-order valence-corrected chi connectivity index (χ3v) is 4.00. The monoisotopic (exact) mass is 255 g/mol. The van der Waals surface area contributed by atoms with Gasteiger partial charge in [-0.15, -0.1) is 10.2 Å². The zero-order valence-electron chi connectivity index (χ0n) is 11.8. The number of hydrogen-bond acceptors (Lipinski definition) is 2. The van der Waals surface area contributed by atoms with E-state index in [0.29, 0.717) is 5.41 Å². The van der Waals surface area contributed by atoms with Gasteiger partial charge in [0.15, 0.2) is 0 Å². The maximum absolute atomic E-state index is 4.39. The Balaban J connectivity index is 1.75. The Morgan fingerprint density at radius 2 is 1.89 bits per heavy atom. The van der Waals surface area contributed by atoms with Crippen LogP contribution in [-0.2, 0) is 25.8 Å². The molecule has 0 radical (unpaired) electrons. The number of aromatic nitrogens is 3. The molecule has 3 nitrogen and oxygen atoms in total. The maximum atomic E-state index is 4.39. The Morgan fingerprint density at radius 1 is 1.11 bits per heavy atom. The largest absolute Gasteiger partial charge is 0.314 e. The van der Waals surface area contributed by atoms with E-state index in [4.69, 9.17) is 0 Å². The molecule has 100 valence electrons. The van der Waals surface area contributed by atoms with E-state index in [1.54, 1.807) is 0 Å². The van der Waals surface area contributed by atoms with E-state index < -0.39 is 0 Å². The molecule has 0 bridgehead atoms. The van der Waals surface area contributed by atoms with E-state index in [1.165, 1.54) is 17.8 Å². The van der Waals surface area contributed by atoms with Gasteiger partial charge in [-0.3, -0.25) is 0 Å². The lowest BCUT2D eigenvalue weighted by Crippen LogP contribution is -2.28. The lowest BCUT2D eigenvalue weighted by Gasteiger charge is -2.30. The number of fused-ring (bicyclic) bond motifs is 1. The molecule has 0 atom stereocenters. The van der Waals surface area contributed by atoms with Gasteiger partial charge < -0.3 is 4.57 Å². The predicted octanol–water partition coefficient (Wildman–Crippen LogP) is 3.04. The Kier molecular flexibility index (Phi) is 3.13. The van der Waals surface area contributed by atoms with E-state index in [9.17, 15) is 0 Å². The van der Waals surface area contributed by atoms with Crippen LogP contribution in [0.5, 0.6) is 0 Å². The van der Waals surface area contributed by atoms with Crippen LogP contribution < -0.4 is 0 Å². The van der Waals surface area contributed by atoms with Crippen molar-refractivity contribution in [2.45, 2.75) is 46.1 Å². The van der Waals surface area contributed by atoms with Gasteiger partial charge in [-0.05, 0) is 23.8 Å². The molecule has 0 spiro atoms. The minimum absolute atomic E-state index is 0.372. The molecule has 2 heterocycles. The summed E-state index contributed by atoms with van der Waals surface area (Å²) in [6.07, 6.45) is 4.29. The molecule has 3 heteroatoms. The first-order valence-corrected chi connectivity index (χ1v) is 7.09. The Hall–Kier alpha value is -1.64. The van der Waals surface area contributed by atoms with Crippen LogP contribution in [0.2, 0.25) is 0 Å². The molecule has 0 saturated heterocycles. The smallest absolute Gasteiger partial charge is 0.133 e. The summed E-state index contributed by atoms with van der Waals surface area (Å²) in [6.45, 7) is 5.72. The second kappa shape index (κ2) is 4.80. The fourth-order valence-electron chi connectivity index (χ4n) is 2.78. The molecule has 19 heavy (non-hydrogen) atoms. The van der Waals surface area contributed by atoms with Crippen molar-refractivity contribution in [3.63, 3.8) is 0 Å². The predicted molar refractivity (Wildman–Crippen MR) is 76.0 cm³/mol. The lowest BCUT2D eigenvalue weighted by molar-refractivity contribution is 0.243. The van der Waals surface area contributed by atoms with Crippen LogP contribution >= 0.6 is 0 Å². The summed E-state index contributed by atoms with van der Waals surface area (Å²) in [5.41, 5.74) is 1.74. The molecular formula is C16H21N3. The molecule has 0 N–H and O–H groups in total. The van der Waals surface area contributed by atoms with Crippen molar-refractivity contribution in [3.05, 3.63) is 47.5 Å². The molecule has 0 unspecified atom stereocenters. The average Bonchev–Trinajstić information content (AvgIpc) is 2.78. The molecule has 0 aliphatic carbocycles. The van der Waals surface area contributed by atoms with Crippen LogP contribution in [0.25, 0.3) is 0 Å². The summed E-state index contributed by atoms with van der Waals surface area (Å²) >= 11 is 0. The van der Waals surface area contributed by atoms with Crippen molar-refractivity contribution in [2.24, 2.45) is 5.41 Å². The molecule has 0 saturated carbocycles. The van der Waals surface area contributed by atoms with Crippen LogP contribution in [0, 0.1) is 5.41 Å². The quantitative estimate of drug-likeness (QED) is 0.844. The summed E-state index contributed by atoms with van der Waals surface area (Å²) in [4.78, 5) is 0. The summed E-state index contributed by atoms with van der Waals surface area (Å²) in [7, 11) is 0. The van der Waals surface area contributed by atoms with Gasteiger partial charge in [-0.1, -0.05) is 44.2 Å². The SMILES string of the molecule is CC1(C)CCc2nnc(CCc3ccccc3)n2C1. The average molecular weight is 255 g/mol. The molecule has 1 aliphatic heterocycles. The number of benzene rings is 1. The molecular weight excluding hydrogens is 234 g/mol. The third-order valence-electron chi connectivity index (χ3n) is 4.00. The van der Waals surface area contributed by atoms with Gasteiger partial charge in [0, 0.05) is 19.4 Å². The fourth-order valence-corrected chi connectivity index (χ4v) is 2.78. The van der Waals surface area contributed by atoms with Crippen LogP contribution in [0.3, 0.4) is 0 Å². The second-order valence-electron chi connectivity index (χ2n) is 6.27. The number of rotatable bonds is 3. The molecule has 1 aromatic carbocycles. The summed E-state index contributed by atoms with van der Waals surface area (Å²) in [5, 5.41) is 8.74. The minimum Gasteiger partial charge on any atom is -0.314 e. The highest BCUT2D eigenvalue weighted by Gasteiger charge is 2.27. The molecule has 0 amide bonds. The summed E-state index contributed by atoms with van der Waals surface area (Å²) in [6, 6.07) is 10.6. The Morgan fingerprint density at radius 3 is 2.68 bits per heavy atom. The highest BCUT2D eigenvalue weighted by Crippen LogP contribution is 2.30. The van der Waals surface area contributed by atoms with E-state index in [0.717, 1.165) is 31.6 Å². The molecule has 2 aromatic rings. The fraction of sp³-hybridized carbons (Fsp3) is 0.500. The van der Waals surface area contributed by atoms with E-state index >= 15 is 0 Å². The van der Waals surface area contributed by atoms with E-state index in [1.807, 2.05) is 0 Å². The lowest BCUT2D eigenvalue weighted by atomic mass is 9.85. The standard InChI is InChI=1S/C16H21N3/c1-16(2)11-10-15-18-17-14(19(15)12-16)9-8-13-6-4-3-5-7-13/h3-7H,8-12H2,1-2H3. The molecule has 0 fully saturated rings. The van der Waals surface area contributed by atoms with Crippen LogP contribution in [-0.4, -0.2) is 14.8 Å². The van der Waals surface area contributed by atoms with Crippen LogP contribution in [0.1, 0.15) is 37.5 Å². The minimum atomic E-state index is 0.372. The summed E-state index contributed by atoms with van der Waals surface area (Å²) < 4.78 is 2.34. The molecule has 1 aliphatic rings. The van der Waals surface area contributed by atoms with Gasteiger partial charge in [0.2, 0.25) is 0 Å². The van der Waals surface area contributed by atoms with Crippen molar-refractivity contribution in [1.29, 1.82) is 0 Å². The zero-order valence-corrected chi connectivity index (χ0v) is 11.8. The van der Waals surface area contributed by atoms with Gasteiger partial charge in [0.25, 0.3) is 0 Å². The second-order valence-corrected chi connectivity index (χ2v) is 6.27. The van der Waals surface area contributed by atoms with Crippen molar-refractivity contribution in [1.82, 2.24) is 14.8 Å². The topological polar surface area (TPSA) is 30.7 Å². The Bertz CT molecular complexity index is 555. The first-order chi connectivity index (χ1) is 9.14. The Labute approximate surface area is 114 Å². The summed E-state index contributed by atoms with van der Waals surface area (Å²) in [5.74, 6) is 2.31. The van der Waals surface area contributed by atoms with Crippen LogP contribution in [0.4, 0.5) is 0 Å². The van der Waals surface area contributed by atoms with Crippen molar-refractivity contribution in [2.75, 3.05) is 0 Å². The molecule has 1 aromatic heterocycles. The first-order valence-electron chi connectivity index (χ1n) is 7.09. The normalized spacial score (nSPS) is 17.2. The van der Waals surface area contributed by atoms with Gasteiger partial charge in [0.1, 0.15) is 11.6 Å². The highest BCUT2D eigenvalue weighted by molar-refractivity contribution is 5.16. The third kappa shape index (κ3) is 2.70. The van der Waals surface area contributed by atoms with Crippen molar-refractivity contribution < 1.29 is 0 Å². The number of nitrogens with zero attached hydrogens (tertiary/aromatic N) is 3. The number of hydrogen-bond donors (Lipinski definition) is 0. The van der Waals surface area contributed by atoms with Gasteiger partial charge >= 0.3 is 0 Å². The first kappa shape index (κ1) is 12.4. The van der Waals surface area contributed by atoms with Crippen molar-refractivity contribution in [3.8, 4) is 0 Å². The highest BCUT2D eigenvalue weighted by atomic mass is 15.3.